The van der Waals surface area contributed by atoms with Crippen LogP contribution in [0, 0.1) is 0 Å². The molecule has 0 aliphatic rings. The van der Waals surface area contributed by atoms with Gasteiger partial charge in [0.05, 0.1) is 0 Å². The third-order valence-corrected chi connectivity index (χ3v) is 0.448. The van der Waals surface area contributed by atoms with Crippen LogP contribution in [0.2, 0.25) is 0 Å². The van der Waals surface area contributed by atoms with E-state index in [0.717, 1.165) is 0 Å². The second kappa shape index (κ2) is 9.60. The van der Waals surface area contributed by atoms with Gasteiger partial charge in [-0.3, -0.25) is 0 Å². The number of carboxylic acid groups (broad SMARTS) is 2. The maximum Gasteiger partial charge on any atom is 0.333 e. The molecule has 12 heavy (non-hydrogen) atoms. The molecule has 0 radical (unpaired) electrons. The number of rotatable bonds is 5. The quantitative estimate of drug-likeness (QED) is 0.264. The molecule has 0 spiro atoms. The number of hydrogen-bond donors (Lipinski definition) is 2. The molecule has 0 fully saturated rings. The van der Waals surface area contributed by atoms with Crippen LogP contribution in [-0.2, 0) is 19.4 Å². The highest BCUT2D eigenvalue weighted by Gasteiger charge is 1.99. The molecule has 0 atom stereocenters. The van der Waals surface area contributed by atoms with E-state index in [1.54, 1.807) is 0 Å². The molecule has 0 aliphatic heterocycles. The Kier molecular flexibility index (Phi) is 10.6. The number of carboxylic acids is 2. The predicted molar refractivity (Wildman–Crippen MR) is 38.4 cm³/mol. The van der Waals surface area contributed by atoms with E-state index in [9.17, 15) is 9.59 Å². The van der Waals surface area contributed by atoms with Crippen molar-refractivity contribution in [3.8, 4) is 0 Å². The fourth-order valence-electron chi connectivity index (χ4n) is 0.184. The van der Waals surface area contributed by atoms with Crippen molar-refractivity contribution in [1.29, 1.82) is 0 Å². The number of aliphatic carboxylic acids is 2. The summed E-state index contributed by atoms with van der Waals surface area (Å²) in [5, 5.41) is 15.9. The van der Waals surface area contributed by atoms with E-state index in [4.69, 9.17) is 10.2 Å². The lowest BCUT2D eigenvalue weighted by atomic mass is 10.8. The first kappa shape index (κ1) is 13.2. The zero-order valence-corrected chi connectivity index (χ0v) is 6.36. The smallest absolute Gasteiger partial charge is 0.333 e. The van der Waals surface area contributed by atoms with Gasteiger partial charge in [-0.2, -0.15) is 0 Å². The summed E-state index contributed by atoms with van der Waals surface area (Å²) in [4.78, 5) is 27.2. The first-order valence-corrected chi connectivity index (χ1v) is 2.81. The van der Waals surface area contributed by atoms with Gasteiger partial charge in [0.25, 0.3) is 0 Å². The lowest BCUT2D eigenvalue weighted by molar-refractivity contribution is -0.289. The maximum absolute atomic E-state index is 9.69. The molecule has 0 heterocycles. The fourth-order valence-corrected chi connectivity index (χ4v) is 0.184. The van der Waals surface area contributed by atoms with Crippen molar-refractivity contribution in [3.63, 3.8) is 0 Å². The third kappa shape index (κ3) is 15.8. The largest absolute Gasteiger partial charge is 0.479 e. The monoisotopic (exact) mass is 178 g/mol. The van der Waals surface area contributed by atoms with Crippen LogP contribution in [0.15, 0.2) is 13.2 Å². The molecule has 0 saturated heterocycles. The first-order chi connectivity index (χ1) is 5.63. The molecule has 0 saturated carbocycles. The van der Waals surface area contributed by atoms with Crippen molar-refractivity contribution < 1.29 is 29.6 Å². The Bertz CT molecular complexity index is 127. The normalized spacial score (nSPS) is 8.00. The van der Waals surface area contributed by atoms with Crippen LogP contribution >= 0.6 is 0 Å². The molecule has 2 N–H and O–H groups in total. The average Bonchev–Trinajstić information content (AvgIpc) is 2.02. The Labute approximate surface area is 68.9 Å². The van der Waals surface area contributed by atoms with Crippen molar-refractivity contribution in [2.75, 3.05) is 13.2 Å². The summed E-state index contributed by atoms with van der Waals surface area (Å²) in [6.45, 7) is 4.68. The van der Waals surface area contributed by atoms with Crippen molar-refractivity contribution in [1.82, 2.24) is 0 Å². The predicted octanol–water partition coefficient (Wildman–Crippen LogP) is -0.0940. The Morgan fingerprint density at radius 2 is 1.25 bits per heavy atom. The zero-order chi connectivity index (χ0) is 9.98. The first-order valence-electron chi connectivity index (χ1n) is 2.81. The van der Waals surface area contributed by atoms with Gasteiger partial charge in [0.15, 0.2) is 13.2 Å². The van der Waals surface area contributed by atoms with Gasteiger partial charge in [-0.15, -0.1) is 13.2 Å². The summed E-state index contributed by atoms with van der Waals surface area (Å²) in [6, 6.07) is 0. The maximum atomic E-state index is 9.69. The van der Waals surface area contributed by atoms with Gasteiger partial charge < -0.3 is 10.2 Å². The van der Waals surface area contributed by atoms with E-state index in [1.165, 1.54) is 0 Å². The Morgan fingerprint density at radius 3 is 1.42 bits per heavy atom. The van der Waals surface area contributed by atoms with E-state index in [2.05, 4.69) is 22.9 Å². The lowest BCUT2D eigenvalue weighted by Crippen LogP contribution is -2.12. The van der Waals surface area contributed by atoms with E-state index >= 15 is 0 Å². The molecule has 6 heteroatoms. The third-order valence-electron chi connectivity index (χ3n) is 0.448. The van der Waals surface area contributed by atoms with Crippen molar-refractivity contribution in [3.05, 3.63) is 13.2 Å². The molecular formula is C6H10O6. The summed E-state index contributed by atoms with van der Waals surface area (Å²) in [6.07, 6.45) is 0. The minimum atomic E-state index is -1.22. The standard InChI is InChI=1S/C4H6O6.C2H4/c5-3(6)1-9-10-2-4(7)8;1-2/h1-2H2,(H,5,6)(H,7,8);1-2H2. The second-order valence-electron chi connectivity index (χ2n) is 1.31. The van der Waals surface area contributed by atoms with Crippen LogP contribution in [0.1, 0.15) is 0 Å². The molecule has 0 aromatic carbocycles. The highest BCUT2D eigenvalue weighted by atomic mass is 17.2. The molecule has 0 aromatic rings. The topological polar surface area (TPSA) is 93.1 Å². The van der Waals surface area contributed by atoms with Gasteiger partial charge in [-0.1, -0.05) is 0 Å². The van der Waals surface area contributed by atoms with Crippen LogP contribution in [0.25, 0.3) is 0 Å². The van der Waals surface area contributed by atoms with Gasteiger partial charge in [0.2, 0.25) is 0 Å². The van der Waals surface area contributed by atoms with Crippen LogP contribution < -0.4 is 0 Å². The summed E-state index contributed by atoms with van der Waals surface area (Å²) in [7, 11) is 0. The van der Waals surface area contributed by atoms with Gasteiger partial charge >= 0.3 is 11.9 Å². The van der Waals surface area contributed by atoms with Crippen LogP contribution in [0.4, 0.5) is 0 Å². The van der Waals surface area contributed by atoms with Gasteiger partial charge in [-0.25, -0.2) is 19.4 Å². The number of hydrogen-bond acceptors (Lipinski definition) is 4. The summed E-state index contributed by atoms with van der Waals surface area (Å²) in [5.74, 6) is -2.43. The van der Waals surface area contributed by atoms with E-state index in [0.29, 0.717) is 0 Å². The van der Waals surface area contributed by atoms with Crippen molar-refractivity contribution in [2.24, 2.45) is 0 Å². The molecule has 0 unspecified atom stereocenters. The summed E-state index contributed by atoms with van der Waals surface area (Å²) < 4.78 is 0. The van der Waals surface area contributed by atoms with Crippen LogP contribution in [0.5, 0.6) is 0 Å². The second-order valence-corrected chi connectivity index (χ2v) is 1.31. The fraction of sp³-hybridized carbons (Fsp3) is 0.333. The van der Waals surface area contributed by atoms with Crippen LogP contribution in [-0.4, -0.2) is 35.4 Å². The Hall–Kier alpha value is -1.40. The molecule has 0 rings (SSSR count). The number of carbonyl (C=O) groups is 2. The van der Waals surface area contributed by atoms with Crippen molar-refractivity contribution in [2.45, 2.75) is 0 Å². The average molecular weight is 178 g/mol. The minimum absolute atomic E-state index is 0.659. The Morgan fingerprint density at radius 1 is 1.00 bits per heavy atom. The highest BCUT2D eigenvalue weighted by molar-refractivity contribution is 5.68. The zero-order valence-electron chi connectivity index (χ0n) is 6.36. The molecule has 70 valence electrons. The van der Waals surface area contributed by atoms with Gasteiger partial charge in [-0.05, 0) is 0 Å². The SMILES string of the molecule is C=C.O=C(O)COOCC(=O)O. The molecular weight excluding hydrogens is 168 g/mol. The summed E-state index contributed by atoms with van der Waals surface area (Å²) >= 11 is 0. The molecule has 6 nitrogen and oxygen atoms in total. The highest BCUT2D eigenvalue weighted by Crippen LogP contribution is 1.77. The molecule has 0 aromatic heterocycles. The molecule has 0 aliphatic carbocycles. The minimum Gasteiger partial charge on any atom is -0.479 e. The molecule has 0 amide bonds. The molecule has 0 bridgehead atoms. The lowest BCUT2D eigenvalue weighted by Gasteiger charge is -1.95. The van der Waals surface area contributed by atoms with E-state index in [1.807, 2.05) is 0 Å². The Balaban J connectivity index is 0. The van der Waals surface area contributed by atoms with Gasteiger partial charge in [0, 0.05) is 0 Å². The van der Waals surface area contributed by atoms with E-state index in [-0.39, 0.29) is 0 Å². The van der Waals surface area contributed by atoms with Crippen LogP contribution in [0.3, 0.4) is 0 Å². The van der Waals surface area contributed by atoms with E-state index < -0.39 is 25.2 Å². The van der Waals surface area contributed by atoms with Gasteiger partial charge in [0.1, 0.15) is 0 Å². The van der Waals surface area contributed by atoms with Crippen molar-refractivity contribution >= 4 is 11.9 Å². The summed E-state index contributed by atoms with van der Waals surface area (Å²) in [5.41, 5.74) is 0.